The van der Waals surface area contributed by atoms with Crippen LogP contribution in [0.1, 0.15) is 63.0 Å². The van der Waals surface area contributed by atoms with E-state index in [-0.39, 0.29) is 0 Å². The Morgan fingerprint density at radius 2 is 1.62 bits per heavy atom. The summed E-state index contributed by atoms with van der Waals surface area (Å²) < 4.78 is 0. The Labute approximate surface area is 129 Å². The average molecular weight is 286 g/mol. The van der Waals surface area contributed by atoms with E-state index in [0.717, 1.165) is 25.2 Å². The van der Waals surface area contributed by atoms with Crippen molar-refractivity contribution in [2.75, 3.05) is 6.54 Å². The molecule has 2 aliphatic carbocycles. The van der Waals surface area contributed by atoms with Gasteiger partial charge in [0.2, 0.25) is 0 Å². The first-order valence-electron chi connectivity index (χ1n) is 8.90. The molecule has 0 saturated heterocycles. The first kappa shape index (κ1) is 15.1. The molecule has 1 N–H and O–H groups in total. The van der Waals surface area contributed by atoms with Crippen LogP contribution < -0.4 is 5.32 Å². The molecule has 0 bridgehead atoms. The van der Waals surface area contributed by atoms with Crippen molar-refractivity contribution in [2.45, 2.75) is 77.0 Å². The molecule has 1 aromatic rings. The second kappa shape index (κ2) is 7.42. The van der Waals surface area contributed by atoms with Gasteiger partial charge in [-0.2, -0.15) is 0 Å². The molecule has 2 saturated carbocycles. The van der Waals surface area contributed by atoms with Crippen LogP contribution in [0.2, 0.25) is 0 Å². The minimum atomic E-state index is 0.798. The maximum atomic E-state index is 3.59. The van der Waals surface area contributed by atoms with Gasteiger partial charge >= 0.3 is 0 Å². The molecule has 1 aromatic carbocycles. The number of benzene rings is 1. The number of hydrogen-bond acceptors (Lipinski definition) is 2. The fraction of sp³-hybridized carbons (Fsp3) is 0.684. The van der Waals surface area contributed by atoms with Crippen LogP contribution in [-0.2, 0) is 13.1 Å². The third-order valence-corrected chi connectivity index (χ3v) is 5.08. The largest absolute Gasteiger partial charge is 0.310 e. The molecule has 2 aliphatic rings. The summed E-state index contributed by atoms with van der Waals surface area (Å²) in [4.78, 5) is 2.68. The molecule has 0 unspecified atom stereocenters. The van der Waals surface area contributed by atoms with Crippen molar-refractivity contribution < 1.29 is 0 Å². The Bertz CT molecular complexity index is 416. The summed E-state index contributed by atoms with van der Waals surface area (Å²) >= 11 is 0. The Hall–Kier alpha value is -0.860. The molecule has 3 rings (SSSR count). The van der Waals surface area contributed by atoms with Gasteiger partial charge in [0.05, 0.1) is 0 Å². The van der Waals surface area contributed by atoms with E-state index in [1.165, 1.54) is 62.6 Å². The van der Waals surface area contributed by atoms with Crippen LogP contribution in [0.15, 0.2) is 24.3 Å². The highest BCUT2D eigenvalue weighted by atomic mass is 15.1. The average Bonchev–Trinajstić information content (AvgIpc) is 3.37. The summed E-state index contributed by atoms with van der Waals surface area (Å²) in [6.45, 7) is 5.64. The molecule has 0 spiro atoms. The van der Waals surface area contributed by atoms with Gasteiger partial charge in [-0.1, -0.05) is 50.5 Å². The minimum absolute atomic E-state index is 0.798. The fourth-order valence-corrected chi connectivity index (χ4v) is 3.49. The smallest absolute Gasteiger partial charge is 0.0236 e. The van der Waals surface area contributed by atoms with Crippen molar-refractivity contribution in [2.24, 2.45) is 0 Å². The molecule has 0 aliphatic heterocycles. The van der Waals surface area contributed by atoms with Gasteiger partial charge in [0, 0.05) is 25.2 Å². The lowest BCUT2D eigenvalue weighted by atomic mass is 9.94. The lowest BCUT2D eigenvalue weighted by Crippen LogP contribution is -2.36. The summed E-state index contributed by atoms with van der Waals surface area (Å²) in [5, 5.41) is 3.59. The Balaban J connectivity index is 1.52. The lowest BCUT2D eigenvalue weighted by molar-refractivity contribution is 0.156. The summed E-state index contributed by atoms with van der Waals surface area (Å²) in [5.41, 5.74) is 2.89. The van der Waals surface area contributed by atoms with E-state index in [2.05, 4.69) is 41.4 Å². The summed E-state index contributed by atoms with van der Waals surface area (Å²) in [6.07, 6.45) is 9.82. The molecular formula is C19H30N2. The van der Waals surface area contributed by atoms with Crippen molar-refractivity contribution in [1.82, 2.24) is 10.2 Å². The highest BCUT2D eigenvalue weighted by molar-refractivity contribution is 5.22. The molecule has 0 radical (unpaired) electrons. The zero-order chi connectivity index (χ0) is 14.5. The third kappa shape index (κ3) is 4.55. The number of rotatable bonds is 7. The minimum Gasteiger partial charge on any atom is -0.310 e. The summed E-state index contributed by atoms with van der Waals surface area (Å²) in [6, 6.07) is 10.9. The van der Waals surface area contributed by atoms with Gasteiger partial charge in [0.25, 0.3) is 0 Å². The molecule has 0 atom stereocenters. The predicted molar refractivity (Wildman–Crippen MR) is 89.3 cm³/mol. The van der Waals surface area contributed by atoms with Gasteiger partial charge in [0.1, 0.15) is 0 Å². The van der Waals surface area contributed by atoms with E-state index >= 15 is 0 Å². The Kier molecular flexibility index (Phi) is 5.32. The molecule has 2 heteroatoms. The normalized spacial score (nSPS) is 20.1. The van der Waals surface area contributed by atoms with Crippen LogP contribution in [-0.4, -0.2) is 23.5 Å². The van der Waals surface area contributed by atoms with Crippen LogP contribution >= 0.6 is 0 Å². The predicted octanol–water partition coefficient (Wildman–Crippen LogP) is 4.09. The maximum absolute atomic E-state index is 3.59. The molecule has 0 aromatic heterocycles. The van der Waals surface area contributed by atoms with Crippen molar-refractivity contribution in [3.8, 4) is 0 Å². The lowest BCUT2D eigenvalue weighted by Gasteiger charge is -2.33. The van der Waals surface area contributed by atoms with Crippen molar-refractivity contribution in [3.05, 3.63) is 35.4 Å². The SMILES string of the molecule is CCN(Cc1ccc(CNC2CC2)cc1)C1CCCCC1. The second-order valence-electron chi connectivity index (χ2n) is 6.83. The third-order valence-electron chi connectivity index (χ3n) is 5.08. The van der Waals surface area contributed by atoms with Gasteiger partial charge in [-0.05, 0) is 43.4 Å². The first-order valence-corrected chi connectivity index (χ1v) is 8.90. The monoisotopic (exact) mass is 286 g/mol. The molecule has 0 heterocycles. The molecule has 2 fully saturated rings. The van der Waals surface area contributed by atoms with Gasteiger partial charge in [-0.15, -0.1) is 0 Å². The second-order valence-corrected chi connectivity index (χ2v) is 6.83. The summed E-state index contributed by atoms with van der Waals surface area (Å²) in [7, 11) is 0. The topological polar surface area (TPSA) is 15.3 Å². The molecular weight excluding hydrogens is 256 g/mol. The van der Waals surface area contributed by atoms with Gasteiger partial charge in [0.15, 0.2) is 0 Å². The quantitative estimate of drug-likeness (QED) is 0.812. The van der Waals surface area contributed by atoms with Crippen LogP contribution in [0, 0.1) is 0 Å². The van der Waals surface area contributed by atoms with Gasteiger partial charge in [-0.3, -0.25) is 4.90 Å². The zero-order valence-corrected chi connectivity index (χ0v) is 13.5. The van der Waals surface area contributed by atoms with E-state index in [4.69, 9.17) is 0 Å². The van der Waals surface area contributed by atoms with Crippen LogP contribution in [0.3, 0.4) is 0 Å². The van der Waals surface area contributed by atoms with E-state index < -0.39 is 0 Å². The number of hydrogen-bond donors (Lipinski definition) is 1. The van der Waals surface area contributed by atoms with Crippen LogP contribution in [0.5, 0.6) is 0 Å². The zero-order valence-electron chi connectivity index (χ0n) is 13.5. The maximum Gasteiger partial charge on any atom is 0.0236 e. The molecule has 116 valence electrons. The molecule has 0 amide bonds. The van der Waals surface area contributed by atoms with Gasteiger partial charge in [-0.25, -0.2) is 0 Å². The van der Waals surface area contributed by atoms with E-state index in [1.54, 1.807) is 0 Å². The van der Waals surface area contributed by atoms with Crippen LogP contribution in [0.4, 0.5) is 0 Å². The molecule has 2 nitrogen and oxygen atoms in total. The van der Waals surface area contributed by atoms with E-state index in [0.29, 0.717) is 0 Å². The summed E-state index contributed by atoms with van der Waals surface area (Å²) in [5.74, 6) is 0. The number of nitrogens with one attached hydrogen (secondary N) is 1. The van der Waals surface area contributed by atoms with Crippen molar-refractivity contribution in [3.63, 3.8) is 0 Å². The Morgan fingerprint density at radius 3 is 2.24 bits per heavy atom. The molecule has 21 heavy (non-hydrogen) atoms. The van der Waals surface area contributed by atoms with Crippen molar-refractivity contribution in [1.29, 1.82) is 0 Å². The van der Waals surface area contributed by atoms with E-state index in [9.17, 15) is 0 Å². The van der Waals surface area contributed by atoms with E-state index in [1.807, 2.05) is 0 Å². The fourth-order valence-electron chi connectivity index (χ4n) is 3.49. The number of nitrogens with zero attached hydrogens (tertiary/aromatic N) is 1. The Morgan fingerprint density at radius 1 is 0.952 bits per heavy atom. The van der Waals surface area contributed by atoms with Gasteiger partial charge < -0.3 is 5.32 Å². The standard InChI is InChI=1S/C19H30N2/c1-2-21(19-6-4-3-5-7-19)15-17-10-8-16(9-11-17)14-20-18-12-13-18/h8-11,18-20H,2-7,12-15H2,1H3. The first-order chi connectivity index (χ1) is 10.3. The highest BCUT2D eigenvalue weighted by Crippen LogP contribution is 2.24. The van der Waals surface area contributed by atoms with Crippen molar-refractivity contribution >= 4 is 0 Å². The van der Waals surface area contributed by atoms with Crippen LogP contribution in [0.25, 0.3) is 0 Å². The highest BCUT2D eigenvalue weighted by Gasteiger charge is 2.21.